The van der Waals surface area contributed by atoms with Crippen molar-refractivity contribution in [2.24, 2.45) is 0 Å². The van der Waals surface area contributed by atoms with Gasteiger partial charge >= 0.3 is 0 Å². The van der Waals surface area contributed by atoms with Crippen molar-refractivity contribution in [1.29, 1.82) is 0 Å². The van der Waals surface area contributed by atoms with Gasteiger partial charge in [0.1, 0.15) is 17.9 Å². The zero-order valence-electron chi connectivity index (χ0n) is 9.86. The van der Waals surface area contributed by atoms with E-state index in [1.54, 1.807) is 12.1 Å². The van der Waals surface area contributed by atoms with E-state index in [-0.39, 0.29) is 5.82 Å². The molecule has 94 valence electrons. The van der Waals surface area contributed by atoms with Crippen molar-refractivity contribution < 1.29 is 9.13 Å². The number of aryl methyl sites for hydroxylation is 1. The zero-order chi connectivity index (χ0) is 13.0. The van der Waals surface area contributed by atoms with Crippen LogP contribution in [0, 0.1) is 5.82 Å². The Hall–Kier alpha value is -1.49. The van der Waals surface area contributed by atoms with Crippen LogP contribution in [-0.4, -0.2) is 9.97 Å². The summed E-state index contributed by atoms with van der Waals surface area (Å²) < 4.78 is 19.3. The van der Waals surface area contributed by atoms with Crippen LogP contribution in [0.25, 0.3) is 0 Å². The molecule has 0 aliphatic carbocycles. The van der Waals surface area contributed by atoms with Crippen molar-refractivity contribution >= 4 is 15.9 Å². The standard InChI is InChI=1S/C13H12BrFN2O/c1-2-3-11-7-13(17-8-16-11)18-12-5-9(14)4-10(15)6-12/h4-8H,2-3H2,1H3. The smallest absolute Gasteiger partial charge is 0.222 e. The predicted molar refractivity (Wildman–Crippen MR) is 70.2 cm³/mol. The average Bonchev–Trinajstić information content (AvgIpc) is 2.28. The number of aromatic nitrogens is 2. The molecule has 0 radical (unpaired) electrons. The summed E-state index contributed by atoms with van der Waals surface area (Å²) in [7, 11) is 0. The fourth-order valence-electron chi connectivity index (χ4n) is 1.53. The minimum atomic E-state index is -0.359. The van der Waals surface area contributed by atoms with Gasteiger partial charge in [0, 0.05) is 22.3 Å². The van der Waals surface area contributed by atoms with Gasteiger partial charge in [0.15, 0.2) is 0 Å². The van der Waals surface area contributed by atoms with E-state index in [4.69, 9.17) is 4.74 Å². The number of nitrogens with zero attached hydrogens (tertiary/aromatic N) is 2. The Morgan fingerprint density at radius 3 is 2.78 bits per heavy atom. The zero-order valence-corrected chi connectivity index (χ0v) is 11.4. The van der Waals surface area contributed by atoms with Gasteiger partial charge in [-0.05, 0) is 18.6 Å². The number of benzene rings is 1. The van der Waals surface area contributed by atoms with Gasteiger partial charge in [-0.15, -0.1) is 0 Å². The molecular weight excluding hydrogens is 299 g/mol. The molecular formula is C13H12BrFN2O. The van der Waals surface area contributed by atoms with Gasteiger partial charge in [-0.25, -0.2) is 14.4 Å². The van der Waals surface area contributed by atoms with E-state index in [1.807, 2.05) is 0 Å². The van der Waals surface area contributed by atoms with Crippen LogP contribution in [0.2, 0.25) is 0 Å². The molecule has 2 rings (SSSR count). The number of ether oxygens (including phenoxy) is 1. The van der Waals surface area contributed by atoms with Crippen molar-refractivity contribution in [2.45, 2.75) is 19.8 Å². The molecule has 0 bridgehead atoms. The van der Waals surface area contributed by atoms with Gasteiger partial charge in [0.2, 0.25) is 5.88 Å². The molecule has 3 nitrogen and oxygen atoms in total. The molecule has 2 aromatic rings. The maximum absolute atomic E-state index is 13.2. The lowest BCUT2D eigenvalue weighted by Gasteiger charge is -2.06. The van der Waals surface area contributed by atoms with Crippen LogP contribution in [0.3, 0.4) is 0 Å². The van der Waals surface area contributed by atoms with Crippen molar-refractivity contribution in [3.8, 4) is 11.6 Å². The minimum Gasteiger partial charge on any atom is -0.439 e. The maximum Gasteiger partial charge on any atom is 0.222 e. The van der Waals surface area contributed by atoms with Gasteiger partial charge < -0.3 is 4.74 Å². The first-order valence-corrected chi connectivity index (χ1v) is 6.41. The van der Waals surface area contributed by atoms with Crippen LogP contribution in [0.4, 0.5) is 4.39 Å². The van der Waals surface area contributed by atoms with Gasteiger partial charge in [0.25, 0.3) is 0 Å². The molecule has 1 heterocycles. The Labute approximate surface area is 113 Å². The molecule has 0 amide bonds. The van der Waals surface area contributed by atoms with E-state index in [0.29, 0.717) is 16.1 Å². The summed E-state index contributed by atoms with van der Waals surface area (Å²) >= 11 is 3.21. The van der Waals surface area contributed by atoms with Crippen molar-refractivity contribution in [3.63, 3.8) is 0 Å². The lowest BCUT2D eigenvalue weighted by Crippen LogP contribution is -1.94. The van der Waals surface area contributed by atoms with E-state index in [1.165, 1.54) is 18.5 Å². The summed E-state index contributed by atoms with van der Waals surface area (Å²) in [6, 6.07) is 6.13. The lowest BCUT2D eigenvalue weighted by molar-refractivity contribution is 0.455. The lowest BCUT2D eigenvalue weighted by atomic mass is 10.2. The van der Waals surface area contributed by atoms with E-state index >= 15 is 0 Å². The highest BCUT2D eigenvalue weighted by molar-refractivity contribution is 9.10. The third kappa shape index (κ3) is 3.50. The summed E-state index contributed by atoms with van der Waals surface area (Å²) in [6.45, 7) is 2.08. The predicted octanol–water partition coefficient (Wildman–Crippen LogP) is 4.12. The third-order valence-corrected chi connectivity index (χ3v) is 2.72. The van der Waals surface area contributed by atoms with Crippen molar-refractivity contribution in [2.75, 3.05) is 0 Å². The monoisotopic (exact) mass is 310 g/mol. The Morgan fingerprint density at radius 2 is 2.06 bits per heavy atom. The largest absolute Gasteiger partial charge is 0.439 e. The first kappa shape index (κ1) is 13.0. The van der Waals surface area contributed by atoms with E-state index in [9.17, 15) is 4.39 Å². The Morgan fingerprint density at radius 1 is 1.22 bits per heavy atom. The fourth-order valence-corrected chi connectivity index (χ4v) is 1.98. The first-order chi connectivity index (χ1) is 8.67. The number of hydrogen-bond acceptors (Lipinski definition) is 3. The number of rotatable bonds is 4. The molecule has 0 spiro atoms. The van der Waals surface area contributed by atoms with Crippen LogP contribution >= 0.6 is 15.9 Å². The van der Waals surface area contributed by atoms with E-state index < -0.39 is 0 Å². The van der Waals surface area contributed by atoms with Gasteiger partial charge in [0.05, 0.1) is 0 Å². The Kier molecular flexibility index (Phi) is 4.25. The average molecular weight is 311 g/mol. The summed E-state index contributed by atoms with van der Waals surface area (Å²) in [5.74, 6) is 0.469. The highest BCUT2D eigenvalue weighted by Gasteiger charge is 2.04. The molecule has 0 unspecified atom stereocenters. The summed E-state index contributed by atoms with van der Waals surface area (Å²) in [6.07, 6.45) is 3.32. The highest BCUT2D eigenvalue weighted by Crippen LogP contribution is 2.24. The van der Waals surface area contributed by atoms with Crippen LogP contribution in [-0.2, 0) is 6.42 Å². The second-order valence-corrected chi connectivity index (χ2v) is 4.72. The highest BCUT2D eigenvalue weighted by atomic mass is 79.9. The Bertz CT molecular complexity index is 528. The number of hydrogen-bond donors (Lipinski definition) is 0. The summed E-state index contributed by atoms with van der Waals surface area (Å²) in [4.78, 5) is 8.14. The second-order valence-electron chi connectivity index (χ2n) is 3.80. The van der Waals surface area contributed by atoms with Gasteiger partial charge in [-0.2, -0.15) is 0 Å². The fraction of sp³-hybridized carbons (Fsp3) is 0.231. The van der Waals surface area contributed by atoms with E-state index in [0.717, 1.165) is 18.5 Å². The molecule has 1 aromatic heterocycles. The minimum absolute atomic E-state index is 0.359. The van der Waals surface area contributed by atoms with Crippen LogP contribution in [0.1, 0.15) is 19.0 Å². The Balaban J connectivity index is 2.20. The van der Waals surface area contributed by atoms with Crippen molar-refractivity contribution in [3.05, 3.63) is 46.6 Å². The normalized spacial score (nSPS) is 10.4. The molecule has 5 heteroatoms. The molecule has 18 heavy (non-hydrogen) atoms. The second kappa shape index (κ2) is 5.91. The quantitative estimate of drug-likeness (QED) is 0.852. The van der Waals surface area contributed by atoms with Crippen LogP contribution in [0.5, 0.6) is 11.6 Å². The molecule has 0 aliphatic heterocycles. The maximum atomic E-state index is 13.2. The SMILES string of the molecule is CCCc1cc(Oc2cc(F)cc(Br)c2)ncn1. The molecule has 0 saturated carbocycles. The van der Waals surface area contributed by atoms with Crippen LogP contribution < -0.4 is 4.74 Å². The topological polar surface area (TPSA) is 35.0 Å². The van der Waals surface area contributed by atoms with Gasteiger partial charge in [-0.1, -0.05) is 29.3 Å². The number of halogens is 2. The molecule has 0 aliphatic rings. The molecule has 0 saturated heterocycles. The molecule has 1 aromatic carbocycles. The summed E-state index contributed by atoms with van der Waals surface area (Å²) in [5.41, 5.74) is 0.915. The van der Waals surface area contributed by atoms with Crippen molar-refractivity contribution in [1.82, 2.24) is 9.97 Å². The van der Waals surface area contributed by atoms with Crippen LogP contribution in [0.15, 0.2) is 35.1 Å². The molecule has 0 fully saturated rings. The third-order valence-electron chi connectivity index (χ3n) is 2.26. The molecule has 0 atom stereocenters. The molecule has 0 N–H and O–H groups in total. The van der Waals surface area contributed by atoms with E-state index in [2.05, 4.69) is 32.8 Å². The van der Waals surface area contributed by atoms with Gasteiger partial charge in [-0.3, -0.25) is 0 Å². The first-order valence-electron chi connectivity index (χ1n) is 5.62. The summed E-state index contributed by atoms with van der Waals surface area (Å²) in [5, 5.41) is 0.